The predicted octanol–water partition coefficient (Wildman–Crippen LogP) is 2.50. The lowest BCUT2D eigenvalue weighted by molar-refractivity contribution is -0.137. The number of carbonyl (C=O) groups excluding carboxylic acids is 1. The van der Waals surface area contributed by atoms with Crippen molar-refractivity contribution in [1.82, 2.24) is 9.88 Å². The molecule has 0 saturated heterocycles. The van der Waals surface area contributed by atoms with Crippen molar-refractivity contribution in [2.45, 2.75) is 33.2 Å². The molecule has 0 aliphatic carbocycles. The molecule has 0 aliphatic rings. The van der Waals surface area contributed by atoms with Crippen molar-refractivity contribution in [3.8, 4) is 0 Å². The number of aromatic nitrogens is 1. The van der Waals surface area contributed by atoms with Crippen molar-refractivity contribution in [3.05, 3.63) is 22.4 Å². The number of carbonyl (C=O) groups is 2. The van der Waals surface area contributed by atoms with Crippen LogP contribution in [0.3, 0.4) is 0 Å². The zero-order valence-electron chi connectivity index (χ0n) is 11.1. The molecular formula is C13H19BrN2O3. The van der Waals surface area contributed by atoms with Crippen LogP contribution in [0.15, 0.2) is 16.7 Å². The van der Waals surface area contributed by atoms with Crippen molar-refractivity contribution in [2.24, 2.45) is 5.92 Å². The van der Waals surface area contributed by atoms with E-state index in [1.165, 1.54) is 0 Å². The normalized spacial score (nSPS) is 12.2. The second kappa shape index (κ2) is 7.33. The molecule has 1 unspecified atom stereocenters. The van der Waals surface area contributed by atoms with Gasteiger partial charge < -0.3 is 15.0 Å². The number of hydrogen-bond acceptors (Lipinski definition) is 2. The zero-order valence-corrected chi connectivity index (χ0v) is 12.7. The standard InChI is InChI=1S/C13H19BrN2O3/c1-3-4-16-8-10(14)6-11(16)13(19)15-7-9(2)5-12(17)18/h6,8-9H,3-5,7H2,1-2H3,(H,15,19)(H,17,18). The van der Waals surface area contributed by atoms with E-state index in [1.54, 1.807) is 13.0 Å². The minimum Gasteiger partial charge on any atom is -0.481 e. The highest BCUT2D eigenvalue weighted by atomic mass is 79.9. The molecule has 6 heteroatoms. The van der Waals surface area contributed by atoms with E-state index in [-0.39, 0.29) is 18.2 Å². The second-order valence-corrected chi connectivity index (χ2v) is 5.57. The van der Waals surface area contributed by atoms with Gasteiger partial charge in [0.2, 0.25) is 0 Å². The third-order valence-corrected chi connectivity index (χ3v) is 3.13. The maximum absolute atomic E-state index is 12.0. The summed E-state index contributed by atoms with van der Waals surface area (Å²) in [6, 6.07) is 1.77. The molecule has 1 aromatic heterocycles. The van der Waals surface area contributed by atoms with Crippen LogP contribution in [0.1, 0.15) is 37.2 Å². The van der Waals surface area contributed by atoms with Crippen molar-refractivity contribution in [3.63, 3.8) is 0 Å². The molecule has 2 N–H and O–H groups in total. The van der Waals surface area contributed by atoms with E-state index in [2.05, 4.69) is 21.2 Å². The minimum absolute atomic E-state index is 0.0555. The molecule has 0 fully saturated rings. The molecule has 0 spiro atoms. The van der Waals surface area contributed by atoms with Crippen molar-refractivity contribution < 1.29 is 14.7 Å². The first-order valence-electron chi connectivity index (χ1n) is 6.29. The van der Waals surface area contributed by atoms with Crippen LogP contribution < -0.4 is 5.32 Å². The van der Waals surface area contributed by atoms with Crippen LogP contribution in [0.2, 0.25) is 0 Å². The molecule has 19 heavy (non-hydrogen) atoms. The van der Waals surface area contributed by atoms with Gasteiger partial charge in [0.1, 0.15) is 5.69 Å². The van der Waals surface area contributed by atoms with Crippen LogP contribution in [-0.2, 0) is 11.3 Å². The zero-order chi connectivity index (χ0) is 14.4. The number of amides is 1. The van der Waals surface area contributed by atoms with Gasteiger partial charge in [0.15, 0.2) is 0 Å². The second-order valence-electron chi connectivity index (χ2n) is 4.65. The number of hydrogen-bond donors (Lipinski definition) is 2. The molecule has 1 aromatic rings. The Morgan fingerprint density at radius 3 is 2.79 bits per heavy atom. The van der Waals surface area contributed by atoms with Gasteiger partial charge in [-0.2, -0.15) is 0 Å². The van der Waals surface area contributed by atoms with E-state index < -0.39 is 5.97 Å². The number of carboxylic acid groups (broad SMARTS) is 1. The van der Waals surface area contributed by atoms with Gasteiger partial charge in [-0.15, -0.1) is 0 Å². The maximum atomic E-state index is 12.0. The first-order valence-corrected chi connectivity index (χ1v) is 7.09. The molecule has 1 atom stereocenters. The quantitative estimate of drug-likeness (QED) is 0.806. The van der Waals surface area contributed by atoms with Crippen LogP contribution in [-0.4, -0.2) is 28.1 Å². The number of rotatable bonds is 7. The van der Waals surface area contributed by atoms with E-state index in [4.69, 9.17) is 5.11 Å². The van der Waals surface area contributed by atoms with Gasteiger partial charge in [0.25, 0.3) is 5.91 Å². The lowest BCUT2D eigenvalue weighted by Crippen LogP contribution is -2.30. The summed E-state index contributed by atoms with van der Waals surface area (Å²) in [6.07, 6.45) is 2.87. The highest BCUT2D eigenvalue weighted by Gasteiger charge is 2.14. The average Bonchev–Trinajstić information content (AvgIpc) is 2.67. The molecule has 0 aliphatic heterocycles. The van der Waals surface area contributed by atoms with Gasteiger partial charge in [-0.25, -0.2) is 0 Å². The number of nitrogens with zero attached hydrogens (tertiary/aromatic N) is 1. The van der Waals surface area contributed by atoms with E-state index in [1.807, 2.05) is 17.7 Å². The third kappa shape index (κ3) is 5.06. The Labute approximate surface area is 121 Å². The fourth-order valence-corrected chi connectivity index (χ4v) is 2.28. The Hall–Kier alpha value is -1.30. The fraction of sp³-hybridized carbons (Fsp3) is 0.538. The molecule has 0 saturated carbocycles. The number of nitrogens with one attached hydrogen (secondary N) is 1. The van der Waals surface area contributed by atoms with E-state index in [0.717, 1.165) is 17.4 Å². The molecule has 0 radical (unpaired) electrons. The number of halogens is 1. The Balaban J connectivity index is 2.60. The van der Waals surface area contributed by atoms with Gasteiger partial charge in [-0.1, -0.05) is 13.8 Å². The van der Waals surface area contributed by atoms with Crippen LogP contribution in [0.25, 0.3) is 0 Å². The Bertz CT molecular complexity index is 457. The molecule has 1 heterocycles. The molecule has 0 bridgehead atoms. The lowest BCUT2D eigenvalue weighted by Gasteiger charge is -2.11. The van der Waals surface area contributed by atoms with Gasteiger partial charge in [-0.05, 0) is 34.3 Å². The minimum atomic E-state index is -0.848. The van der Waals surface area contributed by atoms with E-state index in [9.17, 15) is 9.59 Å². The van der Waals surface area contributed by atoms with Crippen LogP contribution >= 0.6 is 15.9 Å². The topological polar surface area (TPSA) is 71.3 Å². The molecular weight excluding hydrogens is 312 g/mol. The SMILES string of the molecule is CCCn1cc(Br)cc1C(=O)NCC(C)CC(=O)O. The summed E-state index contributed by atoms with van der Waals surface area (Å²) in [5, 5.41) is 11.4. The van der Waals surface area contributed by atoms with Crippen molar-refractivity contribution >= 4 is 27.8 Å². The summed E-state index contributed by atoms with van der Waals surface area (Å²) in [4.78, 5) is 22.6. The van der Waals surface area contributed by atoms with Crippen LogP contribution in [0.4, 0.5) is 0 Å². The van der Waals surface area contributed by atoms with Crippen molar-refractivity contribution in [1.29, 1.82) is 0 Å². The number of aryl methyl sites for hydroxylation is 1. The van der Waals surface area contributed by atoms with Gasteiger partial charge in [0.05, 0.1) is 0 Å². The van der Waals surface area contributed by atoms with Gasteiger partial charge in [0, 0.05) is 30.2 Å². The van der Waals surface area contributed by atoms with Gasteiger partial charge >= 0.3 is 5.97 Å². The van der Waals surface area contributed by atoms with Crippen LogP contribution in [0, 0.1) is 5.92 Å². The smallest absolute Gasteiger partial charge is 0.303 e. The molecule has 5 nitrogen and oxygen atoms in total. The molecule has 0 aromatic carbocycles. The summed E-state index contributed by atoms with van der Waals surface area (Å²) in [7, 11) is 0. The summed E-state index contributed by atoms with van der Waals surface area (Å²) < 4.78 is 2.76. The Morgan fingerprint density at radius 2 is 2.21 bits per heavy atom. The maximum Gasteiger partial charge on any atom is 0.303 e. The van der Waals surface area contributed by atoms with Crippen LogP contribution in [0.5, 0.6) is 0 Å². The Kier molecular flexibility index (Phi) is 6.08. The third-order valence-electron chi connectivity index (χ3n) is 2.69. The first kappa shape index (κ1) is 15.8. The average molecular weight is 331 g/mol. The van der Waals surface area contributed by atoms with Gasteiger partial charge in [-0.3, -0.25) is 9.59 Å². The molecule has 1 amide bonds. The highest BCUT2D eigenvalue weighted by molar-refractivity contribution is 9.10. The predicted molar refractivity (Wildman–Crippen MR) is 76.2 cm³/mol. The molecule has 106 valence electrons. The molecule has 1 rings (SSSR count). The van der Waals surface area contributed by atoms with E-state index >= 15 is 0 Å². The highest BCUT2D eigenvalue weighted by Crippen LogP contribution is 2.15. The number of aliphatic carboxylic acids is 1. The fourth-order valence-electron chi connectivity index (χ4n) is 1.82. The summed E-state index contributed by atoms with van der Waals surface area (Å²) in [5.74, 6) is -1.10. The largest absolute Gasteiger partial charge is 0.481 e. The number of carboxylic acids is 1. The summed E-state index contributed by atoms with van der Waals surface area (Å²) in [6.45, 7) is 4.99. The van der Waals surface area contributed by atoms with E-state index in [0.29, 0.717) is 12.2 Å². The van der Waals surface area contributed by atoms with Crippen molar-refractivity contribution in [2.75, 3.05) is 6.54 Å². The summed E-state index contributed by atoms with van der Waals surface area (Å²) in [5.41, 5.74) is 0.594. The first-order chi connectivity index (χ1) is 8.93. The summed E-state index contributed by atoms with van der Waals surface area (Å²) >= 11 is 3.36. The lowest BCUT2D eigenvalue weighted by atomic mass is 10.1. The monoisotopic (exact) mass is 330 g/mol. The Morgan fingerprint density at radius 1 is 1.53 bits per heavy atom.